The van der Waals surface area contributed by atoms with Crippen LogP contribution in [0.1, 0.15) is 126 Å². The van der Waals surface area contributed by atoms with Crippen molar-refractivity contribution in [3.8, 4) is 5.75 Å². The molecule has 11 rings (SSSR count). The van der Waals surface area contributed by atoms with Crippen LogP contribution in [0.25, 0.3) is 32.7 Å². The van der Waals surface area contributed by atoms with Crippen molar-refractivity contribution in [1.29, 1.82) is 0 Å². The first-order valence-corrected chi connectivity index (χ1v) is 48.3. The van der Waals surface area contributed by atoms with Gasteiger partial charge in [0.2, 0.25) is 70.9 Å². The molecule has 0 aliphatic carbocycles. The first-order chi connectivity index (χ1) is 65.4. The first kappa shape index (κ1) is 105. The summed E-state index contributed by atoms with van der Waals surface area (Å²) >= 11 is 1.11. The SMILES string of the molecule is CC[C@H](C)[C@@H]1NC(=O)[C@H]([C@@H](C)O)NC(=O)[C@H](C)NC(=O)C[C@@H](C(=O)N[C@@H](Cc2c[nH]c3ccccc23)C(=O)N(C)[C@@H](Cc2cscn2)C(=O)N[C@@H](CO)C(=O)O)NC(=O)[C@H](C(C)C)CC(=O)[C@H](CCS(C)(=O)=O)NC(=O)[C@H](Cc2ccc(C(F)(F)F)cc2)NC(=O)[C@H](Cc2c[nH]c3ccccc23)NC(=O)[C@H](Cc2c[nH]c3ccccc23)CC(=O)[C@@H](Cc2ccc(O)cc2)NC(=O)[C@@H]2CCCN2C1=O. The minimum Gasteiger partial charge on any atom is -0.508 e. The minimum absolute atomic E-state index is 0.0117. The number of H-pyrrole nitrogens is 3. The number of carboxylic acid groups (broad SMARTS) is 1. The van der Waals surface area contributed by atoms with E-state index in [4.69, 9.17) is 0 Å². The number of aromatic nitrogens is 4. The second kappa shape index (κ2) is 46.9. The second-order valence-electron chi connectivity index (χ2n) is 35.6. The van der Waals surface area contributed by atoms with E-state index in [1.165, 1.54) is 54.7 Å². The fraction of sp³-hybridized carbons (Fsp3) is 0.438. The van der Waals surface area contributed by atoms with Crippen molar-refractivity contribution >= 4 is 142 Å². The number of hydrogen-bond acceptors (Lipinski definition) is 22. The summed E-state index contributed by atoms with van der Waals surface area (Å²) in [4.78, 5) is 243. The van der Waals surface area contributed by atoms with Gasteiger partial charge in [0.25, 0.3) is 0 Å². The zero-order valence-electron chi connectivity index (χ0n) is 77.1. The number of alkyl halides is 3. The van der Waals surface area contributed by atoms with Gasteiger partial charge in [-0.2, -0.15) is 13.2 Å². The Labute approximate surface area is 796 Å². The molecule has 4 aromatic heterocycles. The molecule has 12 amide bonds. The largest absolute Gasteiger partial charge is 0.508 e. The number of aromatic hydroxyl groups is 1. The van der Waals surface area contributed by atoms with Gasteiger partial charge >= 0.3 is 12.1 Å². The maximum Gasteiger partial charge on any atom is 0.416 e. The molecule has 0 bridgehead atoms. The van der Waals surface area contributed by atoms with Crippen LogP contribution in [0.3, 0.4) is 0 Å². The molecule has 2 fully saturated rings. The Morgan fingerprint density at radius 2 is 1.14 bits per heavy atom. The van der Waals surface area contributed by atoms with Crippen molar-refractivity contribution < 1.29 is 114 Å². The van der Waals surface area contributed by atoms with Crippen LogP contribution in [-0.4, -0.2) is 258 Å². The van der Waals surface area contributed by atoms with E-state index in [9.17, 15) is 66.0 Å². The van der Waals surface area contributed by atoms with Crippen molar-refractivity contribution in [2.45, 2.75) is 210 Å². The Morgan fingerprint density at radius 1 is 0.601 bits per heavy atom. The van der Waals surface area contributed by atoms with E-state index in [-0.39, 0.29) is 62.1 Å². The highest BCUT2D eigenvalue weighted by molar-refractivity contribution is 7.90. The molecule has 2 saturated heterocycles. The van der Waals surface area contributed by atoms with E-state index in [2.05, 4.69) is 73.1 Å². The fourth-order valence-corrected chi connectivity index (χ4v) is 18.2. The lowest BCUT2D eigenvalue weighted by atomic mass is 9.87. The number of amides is 12. The standard InChI is InChI=1S/C96H115F3N16O21S2/c1-9-51(4)82-94(132)115-33-16-23-77(115)90(128)106-71(35-55-26-30-62(118)31-27-55)79(119)40-56(37-57-44-100-67-20-13-10-17-63(57)67)85(123)107-73(38-58-45-101-68-21-14-11-18-64(58)68)88(126)109-72(36-54-24-28-60(29-25-54)96(97,98)99)87(125)105-70(32-34-138(8,135)136)80(120)42-66(50(2)3)86(124)108-74(43-81(121)104-52(5)84(122)113-83(53(6)117)92(130)112-82)89(127)110-75(39-59-46-102-69-22-15-12-19-65(59)69)93(131)114(7)78(41-61-48-137-49-103-61)91(129)111-76(47-116)95(133)134/h10-15,17-22,24-31,44-46,48-53,56,66,70-78,82-83,100-102,116-118H,9,16,23,32-43,47H2,1-8H3,(H,104,121)(H,105,125)(H,106,128)(H,107,123)(H,108,124)(H,109,126)(H,110,127)(H,111,129)(H,112,130)(H,113,122)(H,133,134)/t51-,52-,53+,56+,66-,70-,71+,72-,73-,74-,75-,76-,77-,78-,82-,83-/m0/s1. The number of carbonyl (C=O) groups excluding carboxylic acids is 14. The molecule has 2 aliphatic rings. The lowest BCUT2D eigenvalue weighted by molar-refractivity contribution is -0.146. The zero-order valence-corrected chi connectivity index (χ0v) is 78.7. The molecule has 5 aromatic carbocycles. The summed E-state index contributed by atoms with van der Waals surface area (Å²) in [7, 11) is -2.95. The van der Waals surface area contributed by atoms with Crippen molar-refractivity contribution in [2.24, 2.45) is 23.7 Å². The van der Waals surface area contributed by atoms with Gasteiger partial charge in [0, 0.05) is 127 Å². The number of rotatable bonds is 27. The predicted octanol–water partition coefficient (Wildman–Crippen LogP) is 3.90. The Kier molecular flexibility index (Phi) is 35.6. The summed E-state index contributed by atoms with van der Waals surface area (Å²) in [6, 6.07) is 8.48. The van der Waals surface area contributed by atoms with Crippen molar-refractivity contribution in [2.75, 3.05) is 32.2 Å². The van der Waals surface area contributed by atoms with Gasteiger partial charge in [-0.15, -0.1) is 11.3 Å². The molecule has 42 heteroatoms. The monoisotopic (exact) mass is 1950 g/mol. The maximum absolute atomic E-state index is 16.0. The van der Waals surface area contributed by atoms with Gasteiger partial charge in [-0.05, 0) is 128 Å². The van der Waals surface area contributed by atoms with Gasteiger partial charge < -0.3 is 98.3 Å². The van der Waals surface area contributed by atoms with Crippen LogP contribution in [0.15, 0.2) is 151 Å². The number of hydrogen-bond donors (Lipinski definition) is 17. The number of ketones is 2. The topological polar surface area (TPSA) is 558 Å². The summed E-state index contributed by atoms with van der Waals surface area (Å²) in [5, 5.41) is 70.7. The summed E-state index contributed by atoms with van der Waals surface area (Å²) in [5.41, 5.74) is 3.91. The first-order valence-electron chi connectivity index (χ1n) is 45.3. The quantitative estimate of drug-likeness (QED) is 0.0347. The molecule has 9 aromatic rings. The lowest BCUT2D eigenvalue weighted by Crippen LogP contribution is -2.62. The van der Waals surface area contributed by atoms with Crippen molar-refractivity contribution in [1.82, 2.24) is 82.9 Å². The summed E-state index contributed by atoms with van der Waals surface area (Å²) in [5.74, 6) is -22.5. The van der Waals surface area contributed by atoms with Gasteiger partial charge in [-0.3, -0.25) is 67.1 Å². The van der Waals surface area contributed by atoms with Crippen LogP contribution >= 0.6 is 11.3 Å². The number of aliphatic hydroxyl groups excluding tert-OH is 2. The molecule has 2 aliphatic heterocycles. The number of likely N-dealkylation sites (N-methyl/N-ethyl adjacent to an activating group) is 1. The van der Waals surface area contributed by atoms with Gasteiger partial charge in [-0.25, -0.2) is 18.2 Å². The Hall–Kier alpha value is -13.7. The molecular weight excluding hydrogens is 1830 g/mol. The number of Topliss-reactive ketones (excluding diaryl/α,β-unsaturated/α-hetero) is 2. The number of nitrogens with one attached hydrogen (secondary N) is 13. The van der Waals surface area contributed by atoms with Crippen molar-refractivity contribution in [3.05, 3.63) is 190 Å². The smallest absolute Gasteiger partial charge is 0.416 e. The third-order valence-corrected chi connectivity index (χ3v) is 26.8. The van der Waals surface area contributed by atoms with Gasteiger partial charge in [0.1, 0.15) is 76.0 Å². The fourth-order valence-electron chi connectivity index (χ4n) is 17.0. The third-order valence-electron chi connectivity index (χ3n) is 25.2. The normalized spacial score (nSPS) is 22.3. The molecule has 0 spiro atoms. The Morgan fingerprint density at radius 3 is 1.70 bits per heavy atom. The van der Waals surface area contributed by atoms with E-state index in [1.54, 1.807) is 104 Å². The number of phenolic OH excluding ortho intramolecular Hbond substituents is 1. The maximum atomic E-state index is 16.0. The van der Waals surface area contributed by atoms with Crippen LogP contribution in [0.4, 0.5) is 13.2 Å². The number of phenols is 1. The molecule has 738 valence electrons. The molecule has 0 radical (unpaired) electrons. The average Bonchev–Trinajstić information content (AvgIpc) is 1.43. The third kappa shape index (κ3) is 27.6. The van der Waals surface area contributed by atoms with Crippen LogP contribution < -0.4 is 53.2 Å². The van der Waals surface area contributed by atoms with Crippen LogP contribution in [-0.2, 0) is 126 Å². The van der Waals surface area contributed by atoms with Crippen LogP contribution in [0, 0.1) is 23.7 Å². The number of aliphatic carboxylic acids is 1. The summed E-state index contributed by atoms with van der Waals surface area (Å²) in [6.07, 6.45) is -6.69. The van der Waals surface area contributed by atoms with Gasteiger partial charge in [0.05, 0.1) is 53.7 Å². The number of nitrogens with zero attached hydrogens (tertiary/aromatic N) is 3. The molecule has 6 heterocycles. The highest BCUT2D eigenvalue weighted by Gasteiger charge is 2.45. The highest BCUT2D eigenvalue weighted by Crippen LogP contribution is 2.32. The number of aromatic amines is 3. The number of carboxylic acids is 1. The molecular formula is C96H115F3N16O21S2. The van der Waals surface area contributed by atoms with Crippen molar-refractivity contribution in [3.63, 3.8) is 0 Å². The van der Waals surface area contributed by atoms with E-state index >= 15 is 47.9 Å². The number of benzene rings is 5. The predicted molar refractivity (Wildman–Crippen MR) is 501 cm³/mol. The molecule has 16 atom stereocenters. The number of sulfone groups is 1. The van der Waals surface area contributed by atoms with E-state index in [1.807, 2.05) is 0 Å². The van der Waals surface area contributed by atoms with Crippen LogP contribution in [0.2, 0.25) is 0 Å². The van der Waals surface area contributed by atoms with Gasteiger partial charge in [0.15, 0.2) is 11.6 Å². The number of aliphatic hydroxyl groups is 2. The Balaban J connectivity index is 1.02. The number of halogens is 3. The summed E-state index contributed by atoms with van der Waals surface area (Å²) < 4.78 is 69.5. The minimum atomic E-state index is -4.88. The second-order valence-corrected chi connectivity index (χ2v) is 38.6. The Bertz CT molecular complexity index is 6050. The number of carbonyl (C=O) groups is 15. The van der Waals surface area contributed by atoms with E-state index < -0.39 is 270 Å². The lowest BCUT2D eigenvalue weighted by Gasteiger charge is -2.33. The van der Waals surface area contributed by atoms with E-state index in [0.29, 0.717) is 67.1 Å². The number of thiazole rings is 1. The number of para-hydroxylation sites is 3. The molecule has 0 unspecified atom stereocenters. The zero-order chi connectivity index (χ0) is 100. The highest BCUT2D eigenvalue weighted by atomic mass is 32.2. The molecule has 0 saturated carbocycles. The molecule has 37 nitrogen and oxygen atoms in total. The molecule has 138 heavy (non-hydrogen) atoms. The number of fused-ring (bicyclic) bond motifs is 4. The molecule has 17 N–H and O–H groups in total. The average molecular weight is 1950 g/mol. The summed E-state index contributed by atoms with van der Waals surface area (Å²) in [6.45, 7) is 7.35. The van der Waals surface area contributed by atoms with E-state index in [0.717, 1.165) is 55.5 Å². The van der Waals surface area contributed by atoms with Crippen LogP contribution in [0.5, 0.6) is 5.75 Å². The van der Waals surface area contributed by atoms with Gasteiger partial charge in [-0.1, -0.05) is 113 Å².